The molecule has 0 fully saturated rings. The van der Waals surface area contributed by atoms with Gasteiger partial charge in [-0.15, -0.1) is 0 Å². The Bertz CT molecular complexity index is 23.0. The normalized spacial score (nSPS) is 10.0. The minimum atomic E-state index is -5.61. The van der Waals surface area contributed by atoms with E-state index in [0.717, 1.165) is 0 Å². The monoisotopic (exact) mass is 140 g/mol. The smallest absolute Gasteiger partial charge is 0 e. The van der Waals surface area contributed by atoms with E-state index >= 15 is 0 Å². The van der Waals surface area contributed by atoms with Crippen molar-refractivity contribution < 1.29 is 40.9 Å². The summed E-state index contributed by atoms with van der Waals surface area (Å²) in [7, 11) is -5.61. The van der Waals surface area contributed by atoms with Crippen molar-refractivity contribution in [1.29, 1.82) is 0 Å². The van der Waals surface area contributed by atoms with Crippen molar-refractivity contribution in [1.82, 2.24) is 0 Å². The van der Waals surface area contributed by atoms with Gasteiger partial charge >= 0.3 is 0 Å². The summed E-state index contributed by atoms with van der Waals surface area (Å²) in [6, 6.07) is 0. The summed E-state index contributed by atoms with van der Waals surface area (Å²) in [6.07, 6.45) is 0. The van der Waals surface area contributed by atoms with Gasteiger partial charge in [0, 0.05) is 21.7 Å². The van der Waals surface area contributed by atoms with E-state index in [9.17, 15) is 0 Å². The van der Waals surface area contributed by atoms with E-state index in [4.69, 9.17) is 19.2 Å². The second kappa shape index (κ2) is 2.87. The molecule has 0 amide bonds. The molecule has 6 heteroatoms. The molecule has 0 aliphatic rings. The molecule has 0 aliphatic heterocycles. The van der Waals surface area contributed by atoms with Crippen LogP contribution in [0.1, 0.15) is 0 Å². The molecule has 36 valence electrons. The zero-order valence-electron chi connectivity index (χ0n) is 2.63. The predicted molar refractivity (Wildman–Crippen MR) is 5.75 cm³/mol. The molecule has 4 nitrogen and oxygen atoms in total. The average molecular weight is 140 g/mol. The minimum Gasteiger partial charge on any atom is -0.894 e. The third kappa shape index (κ3) is 114. The van der Waals surface area contributed by atoms with Crippen molar-refractivity contribution in [2.75, 3.05) is 0 Å². The van der Waals surface area contributed by atoms with Crippen LogP contribution in [0.3, 0.4) is 0 Å². The third-order valence-corrected chi connectivity index (χ3v) is 0. The van der Waals surface area contributed by atoms with Crippen LogP contribution in [0.25, 0.3) is 0 Å². The van der Waals surface area contributed by atoms with Crippen LogP contribution in [0.15, 0.2) is 0 Å². The van der Waals surface area contributed by atoms with Gasteiger partial charge in [-0.05, 0) is 0 Å². The molecule has 0 spiro atoms. The Morgan fingerprint density at radius 1 is 0.833 bits per heavy atom. The van der Waals surface area contributed by atoms with Crippen LogP contribution in [-0.2, 0) is 21.7 Å². The zero-order valence-corrected chi connectivity index (χ0v) is 5.19. The Kier molecular flexibility index (Phi) is 4.73. The molecule has 0 aromatic heterocycles. The van der Waals surface area contributed by atoms with Crippen molar-refractivity contribution in [3.63, 3.8) is 0 Å². The summed E-state index contributed by atoms with van der Waals surface area (Å²) in [4.78, 5) is 34.3. The quantitative estimate of drug-likeness (QED) is 0.314. The molecule has 0 saturated heterocycles. The summed E-state index contributed by atoms with van der Waals surface area (Å²) < 4.78 is 0. The summed E-state index contributed by atoms with van der Waals surface area (Å²) in [5, 5.41) is 0. The fourth-order valence-electron chi connectivity index (χ4n) is 0. The summed E-state index contributed by atoms with van der Waals surface area (Å²) in [5.41, 5.74) is 0. The zero-order chi connectivity index (χ0) is 4.50. The topological polar surface area (TPSA) is 92.2 Å². The van der Waals surface area contributed by atoms with Crippen LogP contribution in [0.2, 0.25) is 0 Å². The Morgan fingerprint density at radius 3 is 0.833 bits per heavy atom. The van der Waals surface area contributed by atoms with Gasteiger partial charge < -0.3 is 28.2 Å². The number of hydrogen-bond donors (Lipinski definition) is 0. The van der Waals surface area contributed by atoms with Gasteiger partial charge in [0.25, 0.3) is 0 Å². The summed E-state index contributed by atoms with van der Waals surface area (Å²) in [6.45, 7) is 0. The van der Waals surface area contributed by atoms with Crippen molar-refractivity contribution in [3.05, 3.63) is 0 Å². The van der Waals surface area contributed by atoms with E-state index < -0.39 is 9.05 Å². The molecular formula is O4SiTi-4. The van der Waals surface area contributed by atoms with Gasteiger partial charge in [0.15, 0.2) is 0 Å². The van der Waals surface area contributed by atoms with Gasteiger partial charge in [-0.25, -0.2) is 0 Å². The second-order valence-electron chi connectivity index (χ2n) is 0.500. The van der Waals surface area contributed by atoms with Crippen LogP contribution in [0.4, 0.5) is 0 Å². The van der Waals surface area contributed by atoms with Crippen molar-refractivity contribution in [2.24, 2.45) is 0 Å². The molecule has 0 unspecified atom stereocenters. The number of rotatable bonds is 0. The first-order valence-corrected chi connectivity index (χ1v) is 2.45. The van der Waals surface area contributed by atoms with E-state index in [1.165, 1.54) is 0 Å². The number of hydrogen-bond acceptors (Lipinski definition) is 4. The first-order chi connectivity index (χ1) is 2.00. The van der Waals surface area contributed by atoms with Crippen LogP contribution >= 0.6 is 0 Å². The van der Waals surface area contributed by atoms with Gasteiger partial charge in [0.05, 0.1) is 0 Å². The van der Waals surface area contributed by atoms with Gasteiger partial charge in [-0.2, -0.15) is 0 Å². The third-order valence-electron chi connectivity index (χ3n) is 0. The molecule has 0 N–H and O–H groups in total. The Labute approximate surface area is 50.4 Å². The maximum atomic E-state index is 8.58. The van der Waals surface area contributed by atoms with Crippen LogP contribution in [-0.4, -0.2) is 9.05 Å². The van der Waals surface area contributed by atoms with Crippen LogP contribution in [0, 0.1) is 0 Å². The maximum Gasteiger partial charge on any atom is 0 e. The maximum absolute atomic E-state index is 8.58. The van der Waals surface area contributed by atoms with E-state index in [1.54, 1.807) is 0 Å². The molecule has 0 aromatic rings. The van der Waals surface area contributed by atoms with Crippen LogP contribution in [0.5, 0.6) is 0 Å². The molecule has 0 radical (unpaired) electrons. The molecular weight excluding hydrogens is 140 g/mol. The Balaban J connectivity index is 0. The molecule has 0 bridgehead atoms. The molecule has 0 atom stereocenters. The van der Waals surface area contributed by atoms with Gasteiger partial charge in [0.1, 0.15) is 0 Å². The van der Waals surface area contributed by atoms with Gasteiger partial charge in [0.2, 0.25) is 0 Å². The summed E-state index contributed by atoms with van der Waals surface area (Å²) >= 11 is 0. The molecule has 0 saturated carbocycles. The van der Waals surface area contributed by atoms with Gasteiger partial charge in [-0.3, -0.25) is 0 Å². The van der Waals surface area contributed by atoms with Gasteiger partial charge in [-0.1, -0.05) is 0 Å². The average Bonchev–Trinajstić information content (AvgIpc) is 0.722. The first-order valence-electron chi connectivity index (χ1n) is 0.816. The van der Waals surface area contributed by atoms with Crippen molar-refractivity contribution in [2.45, 2.75) is 0 Å². The summed E-state index contributed by atoms with van der Waals surface area (Å²) in [5.74, 6) is 0. The molecule has 0 heterocycles. The molecule has 6 heavy (non-hydrogen) atoms. The SMILES string of the molecule is [O-][Si]([O-])([O-])[O-].[Ti]. The molecule has 0 aromatic carbocycles. The Hall–Kier alpha value is 0.771. The van der Waals surface area contributed by atoms with Crippen molar-refractivity contribution >= 4 is 9.05 Å². The Morgan fingerprint density at radius 2 is 0.833 bits per heavy atom. The fraction of sp³-hybridized carbons (Fsp3) is 0. The van der Waals surface area contributed by atoms with E-state index in [0.29, 0.717) is 0 Å². The largest absolute Gasteiger partial charge is 0.894 e. The molecule has 0 aliphatic carbocycles. The minimum absolute atomic E-state index is 0. The van der Waals surface area contributed by atoms with Crippen LogP contribution < -0.4 is 19.2 Å². The first kappa shape index (κ1) is 9.91. The van der Waals surface area contributed by atoms with E-state index in [-0.39, 0.29) is 21.7 Å². The van der Waals surface area contributed by atoms with E-state index in [1.807, 2.05) is 0 Å². The fourth-order valence-corrected chi connectivity index (χ4v) is 0. The standard InChI is InChI=1S/O4Si.Ti/c1-5(2,3)4;/q-4;. The van der Waals surface area contributed by atoms with Crippen molar-refractivity contribution in [3.8, 4) is 0 Å². The van der Waals surface area contributed by atoms with E-state index in [2.05, 4.69) is 0 Å². The molecule has 0 rings (SSSR count). The second-order valence-corrected chi connectivity index (χ2v) is 1.50. The predicted octanol–water partition coefficient (Wildman–Crippen LogP) is -5.14.